The first-order valence-electron chi connectivity index (χ1n) is 8.85. The molecule has 138 valence electrons. The Labute approximate surface area is 154 Å². The second-order valence-electron chi connectivity index (χ2n) is 7.01. The van der Waals surface area contributed by atoms with Crippen LogP contribution in [0.4, 0.5) is 0 Å². The molecule has 0 N–H and O–H groups in total. The Kier molecular flexibility index (Phi) is 4.50. The lowest BCUT2D eigenvalue weighted by Gasteiger charge is -2.58. The lowest BCUT2D eigenvalue weighted by molar-refractivity contribution is -0.0952. The highest BCUT2D eigenvalue weighted by molar-refractivity contribution is 7.89. The molecular formula is C20H23NO4S. The van der Waals surface area contributed by atoms with E-state index in [-0.39, 0.29) is 11.5 Å². The van der Waals surface area contributed by atoms with Crippen molar-refractivity contribution in [2.24, 2.45) is 5.41 Å². The van der Waals surface area contributed by atoms with Crippen molar-refractivity contribution in [3.8, 4) is 5.75 Å². The number of nitrogens with zero attached hydrogens (tertiary/aromatic N) is 1. The smallest absolute Gasteiger partial charge is 0.243 e. The van der Waals surface area contributed by atoms with E-state index in [4.69, 9.17) is 9.47 Å². The Bertz CT molecular complexity index is 858. The van der Waals surface area contributed by atoms with E-state index in [0.717, 1.165) is 18.4 Å². The average molecular weight is 373 g/mol. The van der Waals surface area contributed by atoms with Gasteiger partial charge in [-0.05, 0) is 42.7 Å². The SMILES string of the molecule is COc1ccc(S(=O)(=O)N2CC3(CCOCC3)C2c2ccccc2)cc1. The molecule has 2 heterocycles. The molecule has 0 bridgehead atoms. The van der Waals surface area contributed by atoms with Crippen molar-refractivity contribution in [1.29, 1.82) is 0 Å². The van der Waals surface area contributed by atoms with Gasteiger partial charge in [0.05, 0.1) is 18.0 Å². The summed E-state index contributed by atoms with van der Waals surface area (Å²) in [5.41, 5.74) is 1.02. The Morgan fingerprint density at radius 2 is 1.69 bits per heavy atom. The minimum absolute atomic E-state index is 0.0286. The summed E-state index contributed by atoms with van der Waals surface area (Å²) in [4.78, 5) is 0.307. The highest BCUT2D eigenvalue weighted by Gasteiger charge is 2.57. The molecule has 2 aliphatic heterocycles. The zero-order valence-electron chi connectivity index (χ0n) is 14.8. The van der Waals surface area contributed by atoms with Crippen LogP contribution in [0.5, 0.6) is 5.75 Å². The predicted molar refractivity (Wildman–Crippen MR) is 98.6 cm³/mol. The number of hydrogen-bond donors (Lipinski definition) is 0. The fraction of sp³-hybridized carbons (Fsp3) is 0.400. The third-order valence-corrected chi connectivity index (χ3v) is 7.43. The van der Waals surface area contributed by atoms with Crippen molar-refractivity contribution in [3.05, 3.63) is 60.2 Å². The molecule has 0 aromatic heterocycles. The van der Waals surface area contributed by atoms with Crippen LogP contribution in [0, 0.1) is 5.41 Å². The summed E-state index contributed by atoms with van der Waals surface area (Å²) in [6.07, 6.45) is 1.78. The average Bonchev–Trinajstić information content (AvgIpc) is 2.68. The first-order chi connectivity index (χ1) is 12.6. The molecule has 1 atom stereocenters. The molecule has 26 heavy (non-hydrogen) atoms. The van der Waals surface area contributed by atoms with Crippen LogP contribution in [0.2, 0.25) is 0 Å². The van der Waals surface area contributed by atoms with Crippen LogP contribution in [0.25, 0.3) is 0 Å². The molecule has 2 aliphatic rings. The summed E-state index contributed by atoms with van der Waals surface area (Å²) < 4.78 is 38.9. The molecule has 2 fully saturated rings. The number of methoxy groups -OCH3 is 1. The van der Waals surface area contributed by atoms with Gasteiger partial charge in [-0.25, -0.2) is 8.42 Å². The quantitative estimate of drug-likeness (QED) is 0.826. The molecule has 1 unspecified atom stereocenters. The van der Waals surface area contributed by atoms with Gasteiger partial charge >= 0.3 is 0 Å². The number of benzene rings is 2. The Morgan fingerprint density at radius 3 is 2.31 bits per heavy atom. The van der Waals surface area contributed by atoms with Crippen LogP contribution >= 0.6 is 0 Å². The Morgan fingerprint density at radius 1 is 1.04 bits per heavy atom. The number of hydrogen-bond acceptors (Lipinski definition) is 4. The monoisotopic (exact) mass is 373 g/mol. The Hall–Kier alpha value is -1.89. The molecule has 0 radical (unpaired) electrons. The van der Waals surface area contributed by atoms with Crippen LogP contribution in [-0.4, -0.2) is 39.6 Å². The molecule has 1 spiro atoms. The minimum atomic E-state index is -3.56. The molecule has 2 saturated heterocycles. The molecule has 5 nitrogen and oxygen atoms in total. The van der Waals surface area contributed by atoms with E-state index in [0.29, 0.717) is 30.4 Å². The topological polar surface area (TPSA) is 55.8 Å². The minimum Gasteiger partial charge on any atom is -0.497 e. The van der Waals surface area contributed by atoms with Crippen molar-refractivity contribution in [3.63, 3.8) is 0 Å². The molecule has 0 amide bonds. The maximum Gasteiger partial charge on any atom is 0.243 e. The summed E-state index contributed by atoms with van der Waals surface area (Å²) in [5.74, 6) is 0.646. The molecule has 2 aromatic carbocycles. The summed E-state index contributed by atoms with van der Waals surface area (Å²) >= 11 is 0. The van der Waals surface area contributed by atoms with E-state index in [1.807, 2.05) is 30.3 Å². The second-order valence-corrected chi connectivity index (χ2v) is 8.90. The van der Waals surface area contributed by atoms with E-state index in [9.17, 15) is 8.42 Å². The third-order valence-electron chi connectivity index (χ3n) is 5.61. The maximum atomic E-state index is 13.3. The molecular weight excluding hydrogens is 350 g/mol. The van der Waals surface area contributed by atoms with Gasteiger partial charge in [0.1, 0.15) is 5.75 Å². The van der Waals surface area contributed by atoms with Crippen LogP contribution in [0.3, 0.4) is 0 Å². The van der Waals surface area contributed by atoms with Crippen molar-refractivity contribution in [1.82, 2.24) is 4.31 Å². The molecule has 2 aromatic rings. The van der Waals surface area contributed by atoms with Gasteiger partial charge in [-0.15, -0.1) is 0 Å². The standard InChI is InChI=1S/C20H23NO4S/c1-24-17-7-9-18(10-8-17)26(22,23)21-15-20(11-13-25-14-12-20)19(21)16-5-3-2-4-6-16/h2-10,19H,11-15H2,1H3. The highest BCUT2D eigenvalue weighted by Crippen LogP contribution is 2.56. The largest absolute Gasteiger partial charge is 0.497 e. The van der Waals surface area contributed by atoms with Gasteiger partial charge in [-0.3, -0.25) is 0 Å². The summed E-state index contributed by atoms with van der Waals surface area (Å²) in [6.45, 7) is 1.93. The predicted octanol–water partition coefficient (Wildman–Crippen LogP) is 3.24. The molecule has 4 rings (SSSR count). The van der Waals surface area contributed by atoms with Crippen molar-refractivity contribution in [2.45, 2.75) is 23.8 Å². The van der Waals surface area contributed by atoms with Crippen molar-refractivity contribution in [2.75, 3.05) is 26.9 Å². The Balaban J connectivity index is 1.70. The summed E-state index contributed by atoms with van der Waals surface area (Å²) in [6, 6.07) is 16.4. The fourth-order valence-corrected chi connectivity index (χ4v) is 5.95. The van der Waals surface area contributed by atoms with Gasteiger partial charge in [-0.2, -0.15) is 4.31 Å². The summed E-state index contributed by atoms with van der Waals surface area (Å²) in [5, 5.41) is 0. The normalized spacial score (nSPS) is 22.7. The van der Waals surface area contributed by atoms with E-state index in [1.54, 1.807) is 35.7 Å². The van der Waals surface area contributed by atoms with Gasteiger partial charge in [0.2, 0.25) is 10.0 Å². The molecule has 0 saturated carbocycles. The van der Waals surface area contributed by atoms with E-state index in [2.05, 4.69) is 0 Å². The summed E-state index contributed by atoms with van der Waals surface area (Å²) in [7, 11) is -1.99. The first-order valence-corrected chi connectivity index (χ1v) is 10.3. The van der Waals surface area contributed by atoms with E-state index in [1.165, 1.54) is 0 Å². The van der Waals surface area contributed by atoms with Crippen LogP contribution in [0.1, 0.15) is 24.4 Å². The second kappa shape index (κ2) is 6.68. The van der Waals surface area contributed by atoms with E-state index < -0.39 is 10.0 Å². The number of ether oxygens (including phenoxy) is 2. The van der Waals surface area contributed by atoms with Gasteiger partial charge < -0.3 is 9.47 Å². The number of rotatable bonds is 4. The van der Waals surface area contributed by atoms with Crippen LogP contribution in [0.15, 0.2) is 59.5 Å². The highest BCUT2D eigenvalue weighted by atomic mass is 32.2. The van der Waals surface area contributed by atoms with Gasteiger partial charge in [0, 0.05) is 25.2 Å². The molecule has 6 heteroatoms. The fourth-order valence-electron chi connectivity index (χ4n) is 4.15. The van der Waals surface area contributed by atoms with Gasteiger partial charge in [-0.1, -0.05) is 30.3 Å². The lowest BCUT2D eigenvalue weighted by Crippen LogP contribution is -2.62. The van der Waals surface area contributed by atoms with Crippen LogP contribution < -0.4 is 4.74 Å². The zero-order chi connectivity index (χ0) is 18.2. The third kappa shape index (κ3) is 2.82. The van der Waals surface area contributed by atoms with E-state index >= 15 is 0 Å². The van der Waals surface area contributed by atoms with Gasteiger partial charge in [0.25, 0.3) is 0 Å². The lowest BCUT2D eigenvalue weighted by atomic mass is 9.65. The van der Waals surface area contributed by atoms with Crippen molar-refractivity contribution >= 4 is 10.0 Å². The van der Waals surface area contributed by atoms with Crippen molar-refractivity contribution < 1.29 is 17.9 Å². The number of sulfonamides is 1. The van der Waals surface area contributed by atoms with Crippen LogP contribution in [-0.2, 0) is 14.8 Å². The maximum absolute atomic E-state index is 13.3. The first kappa shape index (κ1) is 17.5. The van der Waals surface area contributed by atoms with Gasteiger partial charge in [0.15, 0.2) is 0 Å². The zero-order valence-corrected chi connectivity index (χ0v) is 15.6. The molecule has 0 aliphatic carbocycles.